The highest BCUT2D eigenvalue weighted by Gasteiger charge is 2.14. The number of carbonyl (C=O) groups is 2. The molecule has 0 fully saturated rings. The predicted octanol–water partition coefficient (Wildman–Crippen LogP) is 4.27. The fraction of sp³-hybridized carbons (Fsp3) is 0.292. The molecule has 0 heterocycles. The lowest BCUT2D eigenvalue weighted by molar-refractivity contribution is -0.138. The van der Waals surface area contributed by atoms with Gasteiger partial charge in [0.05, 0.1) is 13.7 Å². The Kier molecular flexibility index (Phi) is 8.64. The maximum atomic E-state index is 12.2. The molecule has 7 heteroatoms. The number of ether oxygens (including phenoxy) is 4. The quantitative estimate of drug-likeness (QED) is 0.257. The van der Waals surface area contributed by atoms with E-state index < -0.39 is 11.9 Å². The first-order chi connectivity index (χ1) is 14.9. The molecule has 0 amide bonds. The van der Waals surface area contributed by atoms with Gasteiger partial charge < -0.3 is 18.9 Å². The number of hydrogen-bond donors (Lipinski definition) is 0. The minimum atomic E-state index is -0.710. The highest BCUT2D eigenvalue weighted by Crippen LogP contribution is 2.29. The van der Waals surface area contributed by atoms with Gasteiger partial charge in [-0.15, -0.1) is 0 Å². The zero-order valence-electron chi connectivity index (χ0n) is 18.0. The van der Waals surface area contributed by atoms with Gasteiger partial charge >= 0.3 is 11.9 Å². The van der Waals surface area contributed by atoms with E-state index in [0.29, 0.717) is 17.2 Å². The van der Waals surface area contributed by atoms with Gasteiger partial charge in [-0.05, 0) is 54.3 Å². The predicted molar refractivity (Wildman–Crippen MR) is 115 cm³/mol. The molecule has 0 atom stereocenters. The van der Waals surface area contributed by atoms with E-state index in [-0.39, 0.29) is 30.3 Å². The molecule has 0 aliphatic heterocycles. The van der Waals surface area contributed by atoms with Crippen LogP contribution in [0.1, 0.15) is 37.8 Å². The van der Waals surface area contributed by atoms with E-state index >= 15 is 0 Å². The van der Waals surface area contributed by atoms with Gasteiger partial charge in [-0.1, -0.05) is 32.0 Å². The second kappa shape index (κ2) is 11.4. The summed E-state index contributed by atoms with van der Waals surface area (Å²) < 4.78 is 20.9. The number of nitriles is 1. The van der Waals surface area contributed by atoms with Gasteiger partial charge in [0.25, 0.3) is 0 Å². The number of nitrogens with zero attached hydrogens (tertiary/aromatic N) is 1. The van der Waals surface area contributed by atoms with Crippen LogP contribution in [0.25, 0.3) is 6.08 Å². The van der Waals surface area contributed by atoms with Gasteiger partial charge in [-0.2, -0.15) is 5.26 Å². The van der Waals surface area contributed by atoms with E-state index in [1.807, 2.05) is 12.1 Å². The Balaban J connectivity index is 2.05. The van der Waals surface area contributed by atoms with Crippen LogP contribution in [0.2, 0.25) is 0 Å². The summed E-state index contributed by atoms with van der Waals surface area (Å²) in [5.41, 5.74) is 1.55. The maximum absolute atomic E-state index is 12.2. The van der Waals surface area contributed by atoms with Gasteiger partial charge in [0.1, 0.15) is 17.4 Å². The molecule has 0 bridgehead atoms. The van der Waals surface area contributed by atoms with Crippen molar-refractivity contribution in [2.45, 2.75) is 26.7 Å². The van der Waals surface area contributed by atoms with Crippen molar-refractivity contribution in [3.8, 4) is 23.3 Å². The van der Waals surface area contributed by atoms with Gasteiger partial charge in [0.2, 0.25) is 0 Å². The molecule has 2 aromatic carbocycles. The SMILES string of the molecule is CCOC(=O)/C(C#N)=C/c1ccc(OC(=O)COc2ccc(C(C)C)cc2)c(OC)c1. The third kappa shape index (κ3) is 6.89. The smallest absolute Gasteiger partial charge is 0.349 e. The largest absolute Gasteiger partial charge is 0.493 e. The Morgan fingerprint density at radius 2 is 1.81 bits per heavy atom. The van der Waals surface area contributed by atoms with E-state index in [1.54, 1.807) is 37.3 Å². The van der Waals surface area contributed by atoms with Crippen molar-refractivity contribution in [2.75, 3.05) is 20.3 Å². The summed E-state index contributed by atoms with van der Waals surface area (Å²) in [5, 5.41) is 9.15. The molecule has 0 radical (unpaired) electrons. The summed E-state index contributed by atoms with van der Waals surface area (Å²) >= 11 is 0. The Bertz CT molecular complexity index is 986. The van der Waals surface area contributed by atoms with E-state index in [1.165, 1.54) is 24.8 Å². The lowest BCUT2D eigenvalue weighted by Gasteiger charge is -2.11. The number of benzene rings is 2. The fourth-order valence-electron chi connectivity index (χ4n) is 2.61. The third-order valence-electron chi connectivity index (χ3n) is 4.24. The van der Waals surface area contributed by atoms with Crippen LogP contribution in [0, 0.1) is 11.3 Å². The summed E-state index contributed by atoms with van der Waals surface area (Å²) in [7, 11) is 1.42. The number of methoxy groups -OCH3 is 1. The Hall–Kier alpha value is -3.79. The van der Waals surface area contributed by atoms with Crippen molar-refractivity contribution in [2.24, 2.45) is 0 Å². The van der Waals surface area contributed by atoms with E-state index in [4.69, 9.17) is 24.2 Å². The Labute approximate surface area is 181 Å². The molecule has 0 unspecified atom stereocenters. The van der Waals surface area contributed by atoms with Crippen molar-refractivity contribution >= 4 is 18.0 Å². The minimum Gasteiger partial charge on any atom is -0.493 e. The van der Waals surface area contributed by atoms with Crippen molar-refractivity contribution in [3.05, 3.63) is 59.2 Å². The van der Waals surface area contributed by atoms with Gasteiger partial charge in [0.15, 0.2) is 18.1 Å². The maximum Gasteiger partial charge on any atom is 0.349 e. The third-order valence-corrected chi connectivity index (χ3v) is 4.24. The Morgan fingerprint density at radius 3 is 2.39 bits per heavy atom. The summed E-state index contributed by atoms with van der Waals surface area (Å²) in [6.07, 6.45) is 1.37. The number of hydrogen-bond acceptors (Lipinski definition) is 7. The average molecular weight is 423 g/mol. The van der Waals surface area contributed by atoms with Crippen molar-refractivity contribution < 1.29 is 28.5 Å². The van der Waals surface area contributed by atoms with Crippen molar-refractivity contribution in [1.29, 1.82) is 5.26 Å². The van der Waals surface area contributed by atoms with Crippen LogP contribution in [0.5, 0.6) is 17.2 Å². The van der Waals surface area contributed by atoms with Crippen LogP contribution in [0.4, 0.5) is 0 Å². The molecular weight excluding hydrogens is 398 g/mol. The zero-order valence-corrected chi connectivity index (χ0v) is 18.0. The van der Waals surface area contributed by atoms with E-state index in [2.05, 4.69) is 13.8 Å². The molecular formula is C24H25NO6. The molecule has 0 N–H and O–H groups in total. The molecule has 0 saturated carbocycles. The summed E-state index contributed by atoms with van der Waals surface area (Å²) in [6.45, 7) is 5.75. The summed E-state index contributed by atoms with van der Waals surface area (Å²) in [6, 6.07) is 14.0. The number of carbonyl (C=O) groups excluding carboxylic acids is 2. The molecule has 0 saturated heterocycles. The summed E-state index contributed by atoms with van der Waals surface area (Å²) in [5.74, 6) is 0.127. The van der Waals surface area contributed by atoms with E-state index in [0.717, 1.165) is 0 Å². The molecule has 2 aromatic rings. The first kappa shape index (κ1) is 23.5. The van der Waals surface area contributed by atoms with E-state index in [9.17, 15) is 9.59 Å². The second-order valence-corrected chi connectivity index (χ2v) is 6.79. The van der Waals surface area contributed by atoms with Crippen LogP contribution in [0.3, 0.4) is 0 Å². The molecule has 0 spiro atoms. The van der Waals surface area contributed by atoms with Gasteiger partial charge in [-0.25, -0.2) is 9.59 Å². The van der Waals surface area contributed by atoms with Gasteiger partial charge in [0, 0.05) is 0 Å². The van der Waals surface area contributed by atoms with Crippen molar-refractivity contribution in [3.63, 3.8) is 0 Å². The normalized spacial score (nSPS) is 10.9. The highest BCUT2D eigenvalue weighted by molar-refractivity contribution is 5.98. The minimum absolute atomic E-state index is 0.148. The Morgan fingerprint density at radius 1 is 1.10 bits per heavy atom. The average Bonchev–Trinajstić information content (AvgIpc) is 2.77. The lowest BCUT2D eigenvalue weighted by atomic mass is 10.0. The topological polar surface area (TPSA) is 94.9 Å². The zero-order chi connectivity index (χ0) is 22.8. The molecule has 31 heavy (non-hydrogen) atoms. The molecule has 7 nitrogen and oxygen atoms in total. The monoisotopic (exact) mass is 423 g/mol. The first-order valence-electron chi connectivity index (χ1n) is 9.78. The molecule has 162 valence electrons. The second-order valence-electron chi connectivity index (χ2n) is 6.79. The van der Waals surface area contributed by atoms with Gasteiger partial charge in [-0.3, -0.25) is 0 Å². The van der Waals surface area contributed by atoms with Crippen LogP contribution in [-0.4, -0.2) is 32.3 Å². The number of rotatable bonds is 9. The van der Waals surface area contributed by atoms with Crippen LogP contribution < -0.4 is 14.2 Å². The molecule has 0 aliphatic rings. The van der Waals surface area contributed by atoms with Crippen molar-refractivity contribution in [1.82, 2.24) is 0 Å². The number of esters is 2. The first-order valence-corrected chi connectivity index (χ1v) is 9.78. The fourth-order valence-corrected chi connectivity index (χ4v) is 2.61. The lowest BCUT2D eigenvalue weighted by Crippen LogP contribution is -2.18. The molecule has 0 aromatic heterocycles. The van der Waals surface area contributed by atoms with Crippen LogP contribution in [-0.2, 0) is 14.3 Å². The van der Waals surface area contributed by atoms with Crippen LogP contribution in [0.15, 0.2) is 48.0 Å². The standard InChI is InChI=1S/C24H25NO6/c1-5-29-24(27)19(14-25)12-17-6-11-21(22(13-17)28-4)31-23(26)15-30-20-9-7-18(8-10-20)16(2)3/h6-13,16H,5,15H2,1-4H3/b19-12+. The molecule has 2 rings (SSSR count). The summed E-state index contributed by atoms with van der Waals surface area (Å²) in [4.78, 5) is 23.9. The highest BCUT2D eigenvalue weighted by atomic mass is 16.6. The van der Waals surface area contributed by atoms with Crippen LogP contribution >= 0.6 is 0 Å². The molecule has 0 aliphatic carbocycles.